The van der Waals surface area contributed by atoms with Gasteiger partial charge >= 0.3 is 0 Å². The van der Waals surface area contributed by atoms with Gasteiger partial charge in [0.05, 0.1) is 4.92 Å². The van der Waals surface area contributed by atoms with Crippen molar-refractivity contribution in [2.24, 2.45) is 5.92 Å². The Kier molecular flexibility index (Phi) is 3.17. The van der Waals surface area contributed by atoms with Gasteiger partial charge in [0.25, 0.3) is 5.69 Å². The minimum absolute atomic E-state index is 0.0334. The summed E-state index contributed by atoms with van der Waals surface area (Å²) in [5, 5.41) is 14.0. The predicted molar refractivity (Wildman–Crippen MR) is 67.9 cm³/mol. The highest BCUT2D eigenvalue weighted by atomic mass is 16.6. The Bertz CT molecular complexity index is 430. The summed E-state index contributed by atoms with van der Waals surface area (Å²) < 4.78 is 0. The lowest BCUT2D eigenvalue weighted by Gasteiger charge is -2.15. The third-order valence-corrected chi connectivity index (χ3v) is 2.95. The summed E-state index contributed by atoms with van der Waals surface area (Å²) in [6, 6.07) is 4.95. The molecular formula is C12H17N3O2. The average molecular weight is 235 g/mol. The first-order valence-electron chi connectivity index (χ1n) is 5.86. The molecule has 0 radical (unpaired) electrons. The Hall–Kier alpha value is -1.78. The van der Waals surface area contributed by atoms with Gasteiger partial charge in [0.1, 0.15) is 0 Å². The monoisotopic (exact) mass is 235 g/mol. The van der Waals surface area contributed by atoms with Gasteiger partial charge in [-0.25, -0.2) is 0 Å². The fraction of sp³-hybridized carbons (Fsp3) is 0.500. The maximum atomic E-state index is 10.7. The van der Waals surface area contributed by atoms with E-state index in [0.717, 1.165) is 18.0 Å². The second-order valence-corrected chi connectivity index (χ2v) is 4.79. The Morgan fingerprint density at radius 3 is 2.82 bits per heavy atom. The molecule has 1 aliphatic rings. The SMILES string of the molecule is CC(CC1CC1)Nc1cc(N)cc([N+](=O)[O-])c1. The lowest BCUT2D eigenvalue weighted by atomic mass is 10.1. The number of anilines is 2. The normalized spacial score (nSPS) is 16.5. The van der Waals surface area contributed by atoms with E-state index in [2.05, 4.69) is 12.2 Å². The molecule has 0 bridgehead atoms. The molecule has 17 heavy (non-hydrogen) atoms. The van der Waals surface area contributed by atoms with E-state index in [1.165, 1.54) is 25.0 Å². The number of nitro groups is 1. The number of rotatable bonds is 5. The average Bonchev–Trinajstić information content (AvgIpc) is 3.00. The number of non-ortho nitro benzene ring substituents is 1. The molecule has 1 saturated carbocycles. The van der Waals surface area contributed by atoms with Crippen molar-refractivity contribution in [1.29, 1.82) is 0 Å². The second-order valence-electron chi connectivity index (χ2n) is 4.79. The van der Waals surface area contributed by atoms with Crippen molar-refractivity contribution in [3.05, 3.63) is 28.3 Å². The van der Waals surface area contributed by atoms with E-state index in [9.17, 15) is 10.1 Å². The number of nitrogens with zero attached hydrogens (tertiary/aromatic N) is 1. The Balaban J connectivity index is 2.05. The van der Waals surface area contributed by atoms with Crippen molar-refractivity contribution < 1.29 is 4.92 Å². The minimum Gasteiger partial charge on any atom is -0.398 e. The number of hydrogen-bond donors (Lipinski definition) is 2. The minimum atomic E-state index is -0.424. The van der Waals surface area contributed by atoms with E-state index in [0.29, 0.717) is 11.7 Å². The Morgan fingerprint density at radius 1 is 1.53 bits per heavy atom. The van der Waals surface area contributed by atoms with E-state index in [-0.39, 0.29) is 5.69 Å². The van der Waals surface area contributed by atoms with Gasteiger partial charge in [-0.05, 0) is 25.3 Å². The third kappa shape index (κ3) is 3.34. The number of nitro benzene ring substituents is 1. The maximum Gasteiger partial charge on any atom is 0.273 e. The molecule has 92 valence electrons. The lowest BCUT2D eigenvalue weighted by Crippen LogP contribution is -2.15. The molecule has 1 aliphatic carbocycles. The van der Waals surface area contributed by atoms with Crippen LogP contribution in [0.25, 0.3) is 0 Å². The molecule has 1 fully saturated rings. The van der Waals surface area contributed by atoms with Crippen LogP contribution in [0.4, 0.5) is 17.1 Å². The summed E-state index contributed by atoms with van der Waals surface area (Å²) in [5.74, 6) is 0.827. The molecule has 5 heteroatoms. The quantitative estimate of drug-likeness (QED) is 0.467. The summed E-state index contributed by atoms with van der Waals surface area (Å²) in [4.78, 5) is 10.3. The molecule has 0 aromatic heterocycles. The van der Waals surface area contributed by atoms with Crippen LogP contribution < -0.4 is 11.1 Å². The number of nitrogens with one attached hydrogen (secondary N) is 1. The van der Waals surface area contributed by atoms with E-state index < -0.39 is 4.92 Å². The maximum absolute atomic E-state index is 10.7. The highest BCUT2D eigenvalue weighted by Gasteiger charge is 2.23. The highest BCUT2D eigenvalue weighted by Crippen LogP contribution is 2.34. The largest absolute Gasteiger partial charge is 0.398 e. The first-order chi connectivity index (χ1) is 8.04. The number of nitrogen functional groups attached to an aromatic ring is 1. The molecule has 5 nitrogen and oxygen atoms in total. The van der Waals surface area contributed by atoms with E-state index >= 15 is 0 Å². The second kappa shape index (κ2) is 4.61. The zero-order chi connectivity index (χ0) is 12.4. The molecule has 1 unspecified atom stereocenters. The van der Waals surface area contributed by atoms with Crippen molar-refractivity contribution in [3.63, 3.8) is 0 Å². The molecule has 0 heterocycles. The topological polar surface area (TPSA) is 81.2 Å². The summed E-state index contributed by atoms with van der Waals surface area (Å²) in [7, 11) is 0. The molecule has 0 aliphatic heterocycles. The zero-order valence-corrected chi connectivity index (χ0v) is 9.85. The van der Waals surface area contributed by atoms with Gasteiger partial charge in [-0.3, -0.25) is 10.1 Å². The van der Waals surface area contributed by atoms with Crippen LogP contribution >= 0.6 is 0 Å². The van der Waals surface area contributed by atoms with Gasteiger partial charge < -0.3 is 11.1 Å². The van der Waals surface area contributed by atoms with E-state index in [1.54, 1.807) is 6.07 Å². The van der Waals surface area contributed by atoms with Gasteiger partial charge in [0.15, 0.2) is 0 Å². The standard InChI is InChI=1S/C12H17N3O2/c1-8(4-9-2-3-9)14-11-5-10(13)6-12(7-11)15(16)17/h5-9,14H,2-4,13H2,1H3. The van der Waals surface area contributed by atoms with Gasteiger partial charge in [-0.2, -0.15) is 0 Å². The molecule has 1 atom stereocenters. The Labute approximate surface area is 100 Å². The molecule has 3 N–H and O–H groups in total. The smallest absolute Gasteiger partial charge is 0.273 e. The first-order valence-corrected chi connectivity index (χ1v) is 5.86. The van der Waals surface area contributed by atoms with Gasteiger partial charge in [-0.15, -0.1) is 0 Å². The van der Waals surface area contributed by atoms with Crippen LogP contribution in [0.15, 0.2) is 18.2 Å². The van der Waals surface area contributed by atoms with Crippen LogP contribution in [0.2, 0.25) is 0 Å². The predicted octanol–water partition coefficient (Wildman–Crippen LogP) is 2.78. The van der Waals surface area contributed by atoms with Crippen LogP contribution in [-0.2, 0) is 0 Å². The van der Waals surface area contributed by atoms with Crippen molar-refractivity contribution >= 4 is 17.1 Å². The molecule has 0 saturated heterocycles. The summed E-state index contributed by atoms with van der Waals surface area (Å²) in [6.07, 6.45) is 3.73. The zero-order valence-electron chi connectivity index (χ0n) is 9.85. The van der Waals surface area contributed by atoms with Crippen LogP contribution in [0, 0.1) is 16.0 Å². The van der Waals surface area contributed by atoms with Crippen LogP contribution in [0.5, 0.6) is 0 Å². The highest BCUT2D eigenvalue weighted by molar-refractivity contribution is 5.61. The van der Waals surface area contributed by atoms with Crippen molar-refractivity contribution in [2.45, 2.75) is 32.2 Å². The van der Waals surface area contributed by atoms with E-state index in [1.807, 2.05) is 0 Å². The molecule has 0 spiro atoms. The fourth-order valence-electron chi connectivity index (χ4n) is 2.02. The molecule has 2 rings (SSSR count). The van der Waals surface area contributed by atoms with Gasteiger partial charge in [-0.1, -0.05) is 12.8 Å². The van der Waals surface area contributed by atoms with Gasteiger partial charge in [0, 0.05) is 29.5 Å². The van der Waals surface area contributed by atoms with Crippen molar-refractivity contribution in [3.8, 4) is 0 Å². The molecule has 0 amide bonds. The third-order valence-electron chi connectivity index (χ3n) is 2.95. The number of hydrogen-bond acceptors (Lipinski definition) is 4. The fourth-order valence-corrected chi connectivity index (χ4v) is 2.02. The molecule has 1 aromatic rings. The molecular weight excluding hydrogens is 218 g/mol. The summed E-state index contributed by atoms with van der Waals surface area (Å²) >= 11 is 0. The van der Waals surface area contributed by atoms with Crippen LogP contribution in [-0.4, -0.2) is 11.0 Å². The van der Waals surface area contributed by atoms with Crippen molar-refractivity contribution in [2.75, 3.05) is 11.1 Å². The van der Waals surface area contributed by atoms with Gasteiger partial charge in [0.2, 0.25) is 0 Å². The van der Waals surface area contributed by atoms with Crippen LogP contribution in [0.3, 0.4) is 0 Å². The number of nitrogens with two attached hydrogens (primary N) is 1. The van der Waals surface area contributed by atoms with E-state index in [4.69, 9.17) is 5.73 Å². The lowest BCUT2D eigenvalue weighted by molar-refractivity contribution is -0.384. The molecule has 1 aromatic carbocycles. The summed E-state index contributed by atoms with van der Waals surface area (Å²) in [6.45, 7) is 2.09. The Morgan fingerprint density at radius 2 is 2.24 bits per heavy atom. The van der Waals surface area contributed by atoms with Crippen molar-refractivity contribution in [1.82, 2.24) is 0 Å². The first kappa shape index (κ1) is 11.7. The van der Waals surface area contributed by atoms with Crippen LogP contribution in [0.1, 0.15) is 26.2 Å². The summed E-state index contributed by atoms with van der Waals surface area (Å²) in [5.41, 5.74) is 6.82. The number of benzene rings is 1.